The fourth-order valence-electron chi connectivity index (χ4n) is 1.85. The summed E-state index contributed by atoms with van der Waals surface area (Å²) in [6.07, 6.45) is 0.374. The predicted octanol–water partition coefficient (Wildman–Crippen LogP) is 3.04. The van der Waals surface area contributed by atoms with E-state index in [4.69, 9.17) is 4.52 Å². The third kappa shape index (κ3) is 3.60. The van der Waals surface area contributed by atoms with Gasteiger partial charge in [0.25, 0.3) is 0 Å². The Kier molecular flexibility index (Phi) is 4.40. The van der Waals surface area contributed by atoms with Crippen LogP contribution in [-0.4, -0.2) is 17.6 Å². The second-order valence-corrected chi connectivity index (χ2v) is 4.80. The predicted molar refractivity (Wildman–Crippen MR) is 78.9 cm³/mol. The molecule has 1 heterocycles. The van der Waals surface area contributed by atoms with Gasteiger partial charge in [-0.05, 0) is 38.0 Å². The molecule has 0 saturated heterocycles. The molecule has 0 aliphatic carbocycles. The maximum Gasteiger partial charge on any atom is 0.226 e. The summed E-state index contributed by atoms with van der Waals surface area (Å²) in [7, 11) is 0. The Balaban J connectivity index is 1.82. The van der Waals surface area contributed by atoms with Crippen molar-refractivity contribution in [1.29, 1.82) is 0 Å². The molecule has 0 fully saturated rings. The van der Waals surface area contributed by atoms with Crippen LogP contribution in [0.2, 0.25) is 0 Å². The summed E-state index contributed by atoms with van der Waals surface area (Å²) >= 11 is 0. The molecule has 2 N–H and O–H groups in total. The molecular formula is C15H19N3O2. The van der Waals surface area contributed by atoms with Gasteiger partial charge in [0.2, 0.25) is 5.91 Å². The lowest BCUT2D eigenvalue weighted by molar-refractivity contribution is -0.115. The Morgan fingerprint density at radius 1 is 1.30 bits per heavy atom. The quantitative estimate of drug-likeness (QED) is 0.878. The molecule has 1 aromatic carbocycles. The van der Waals surface area contributed by atoms with E-state index in [2.05, 4.69) is 15.8 Å². The van der Waals surface area contributed by atoms with Crippen LogP contribution in [-0.2, 0) is 4.79 Å². The lowest BCUT2D eigenvalue weighted by atomic mass is 10.1. The van der Waals surface area contributed by atoms with Gasteiger partial charge in [0.05, 0.1) is 0 Å². The molecule has 1 amide bonds. The fourth-order valence-corrected chi connectivity index (χ4v) is 1.85. The van der Waals surface area contributed by atoms with Crippen molar-refractivity contribution in [1.82, 2.24) is 5.16 Å². The molecule has 0 bridgehead atoms. The number of carbonyl (C=O) groups is 1. The Morgan fingerprint density at radius 2 is 2.10 bits per heavy atom. The second-order valence-electron chi connectivity index (χ2n) is 4.80. The van der Waals surface area contributed by atoms with Crippen molar-refractivity contribution in [3.63, 3.8) is 0 Å². The first-order valence-electron chi connectivity index (χ1n) is 6.59. The van der Waals surface area contributed by atoms with E-state index < -0.39 is 0 Å². The van der Waals surface area contributed by atoms with E-state index >= 15 is 0 Å². The molecule has 1 aromatic heterocycles. The fraction of sp³-hybridized carbons (Fsp3) is 0.333. The number of hydrogen-bond donors (Lipinski definition) is 2. The molecule has 5 heteroatoms. The normalized spacial score (nSPS) is 10.3. The van der Waals surface area contributed by atoms with Crippen molar-refractivity contribution >= 4 is 17.4 Å². The Labute approximate surface area is 118 Å². The monoisotopic (exact) mass is 273 g/mol. The topological polar surface area (TPSA) is 67.2 Å². The van der Waals surface area contributed by atoms with Crippen LogP contribution in [0.1, 0.15) is 23.3 Å². The number of nitrogens with zero attached hydrogens (tertiary/aromatic N) is 1. The lowest BCUT2D eigenvalue weighted by Crippen LogP contribution is -2.17. The van der Waals surface area contributed by atoms with E-state index in [0.29, 0.717) is 18.8 Å². The van der Waals surface area contributed by atoms with Gasteiger partial charge in [0, 0.05) is 24.7 Å². The molecule has 0 unspecified atom stereocenters. The van der Waals surface area contributed by atoms with E-state index in [-0.39, 0.29) is 5.91 Å². The first kappa shape index (κ1) is 14.1. The number of nitrogens with one attached hydrogen (secondary N) is 2. The molecule has 20 heavy (non-hydrogen) atoms. The first-order chi connectivity index (χ1) is 9.56. The van der Waals surface area contributed by atoms with Crippen molar-refractivity contribution in [3.05, 3.63) is 41.2 Å². The molecule has 0 aliphatic heterocycles. The van der Waals surface area contributed by atoms with Crippen LogP contribution < -0.4 is 10.6 Å². The third-order valence-electron chi connectivity index (χ3n) is 3.16. The molecule has 5 nitrogen and oxygen atoms in total. The van der Waals surface area contributed by atoms with Crippen molar-refractivity contribution in [2.75, 3.05) is 17.2 Å². The third-order valence-corrected chi connectivity index (χ3v) is 3.16. The Hall–Kier alpha value is -2.30. The maximum atomic E-state index is 11.9. The van der Waals surface area contributed by atoms with Gasteiger partial charge in [-0.2, -0.15) is 0 Å². The van der Waals surface area contributed by atoms with Gasteiger partial charge in [-0.3, -0.25) is 4.79 Å². The Bertz CT molecular complexity index is 605. The van der Waals surface area contributed by atoms with Crippen LogP contribution in [0.15, 0.2) is 28.8 Å². The Morgan fingerprint density at radius 3 is 2.80 bits per heavy atom. The van der Waals surface area contributed by atoms with Gasteiger partial charge in [-0.25, -0.2) is 0 Å². The van der Waals surface area contributed by atoms with Gasteiger partial charge in [-0.15, -0.1) is 0 Å². The average Bonchev–Trinajstić information content (AvgIpc) is 2.81. The van der Waals surface area contributed by atoms with Crippen LogP contribution in [0.3, 0.4) is 0 Å². The van der Waals surface area contributed by atoms with Crippen molar-refractivity contribution in [3.8, 4) is 0 Å². The highest BCUT2D eigenvalue weighted by Gasteiger charge is 2.06. The van der Waals surface area contributed by atoms with Gasteiger partial charge in [0.15, 0.2) is 5.82 Å². The molecule has 0 spiro atoms. The number of aromatic nitrogens is 1. The zero-order chi connectivity index (χ0) is 14.5. The zero-order valence-electron chi connectivity index (χ0n) is 12.0. The van der Waals surface area contributed by atoms with Gasteiger partial charge in [-0.1, -0.05) is 17.3 Å². The lowest BCUT2D eigenvalue weighted by Gasteiger charge is -2.10. The number of hydrogen-bond acceptors (Lipinski definition) is 4. The summed E-state index contributed by atoms with van der Waals surface area (Å²) < 4.78 is 4.93. The number of benzene rings is 1. The minimum Gasteiger partial charge on any atom is -0.367 e. The van der Waals surface area contributed by atoms with Crippen LogP contribution in [0.4, 0.5) is 11.5 Å². The minimum absolute atomic E-state index is 0.0218. The highest BCUT2D eigenvalue weighted by atomic mass is 16.5. The van der Waals surface area contributed by atoms with Crippen LogP contribution in [0, 0.1) is 20.8 Å². The molecule has 106 valence electrons. The summed E-state index contributed by atoms with van der Waals surface area (Å²) in [5.74, 6) is 1.38. The maximum absolute atomic E-state index is 11.9. The van der Waals surface area contributed by atoms with Crippen LogP contribution >= 0.6 is 0 Å². The van der Waals surface area contributed by atoms with Gasteiger partial charge < -0.3 is 15.2 Å². The highest BCUT2D eigenvalue weighted by molar-refractivity contribution is 5.91. The molecule has 0 aliphatic rings. The standard InChI is InChI=1S/C15H19N3O2/c1-10-5-4-6-13(12(10)3)17-15(19)7-8-16-14-9-11(2)20-18-14/h4-6,9H,7-8H2,1-3H3,(H,16,18)(H,17,19). The molecule has 2 rings (SSSR count). The molecule has 0 atom stereocenters. The van der Waals surface area contributed by atoms with Crippen molar-refractivity contribution < 1.29 is 9.32 Å². The van der Waals surface area contributed by atoms with E-state index in [1.807, 2.05) is 39.0 Å². The number of anilines is 2. The number of rotatable bonds is 5. The van der Waals surface area contributed by atoms with E-state index in [0.717, 1.165) is 17.0 Å². The minimum atomic E-state index is -0.0218. The van der Waals surface area contributed by atoms with E-state index in [1.165, 1.54) is 5.56 Å². The van der Waals surface area contributed by atoms with Crippen molar-refractivity contribution in [2.45, 2.75) is 27.2 Å². The summed E-state index contributed by atoms with van der Waals surface area (Å²) in [5, 5.41) is 9.77. The number of carbonyl (C=O) groups excluding carboxylic acids is 1. The summed E-state index contributed by atoms with van der Waals surface area (Å²) in [6, 6.07) is 7.67. The van der Waals surface area contributed by atoms with Gasteiger partial charge in [0.1, 0.15) is 5.76 Å². The zero-order valence-corrected chi connectivity index (χ0v) is 12.0. The first-order valence-corrected chi connectivity index (χ1v) is 6.59. The largest absolute Gasteiger partial charge is 0.367 e. The van der Waals surface area contributed by atoms with Crippen LogP contribution in [0.25, 0.3) is 0 Å². The highest BCUT2D eigenvalue weighted by Crippen LogP contribution is 2.18. The van der Waals surface area contributed by atoms with Gasteiger partial charge >= 0.3 is 0 Å². The van der Waals surface area contributed by atoms with E-state index in [1.54, 1.807) is 6.07 Å². The summed E-state index contributed by atoms with van der Waals surface area (Å²) in [6.45, 7) is 6.37. The smallest absolute Gasteiger partial charge is 0.226 e. The van der Waals surface area contributed by atoms with Crippen molar-refractivity contribution in [2.24, 2.45) is 0 Å². The SMILES string of the molecule is Cc1cc(NCCC(=O)Nc2cccc(C)c2C)no1. The summed E-state index contributed by atoms with van der Waals surface area (Å²) in [4.78, 5) is 11.9. The molecular weight excluding hydrogens is 254 g/mol. The summed E-state index contributed by atoms with van der Waals surface area (Å²) in [5.41, 5.74) is 3.13. The average molecular weight is 273 g/mol. The molecule has 2 aromatic rings. The molecule has 0 saturated carbocycles. The second kappa shape index (κ2) is 6.23. The van der Waals surface area contributed by atoms with Crippen LogP contribution in [0.5, 0.6) is 0 Å². The number of aryl methyl sites for hydroxylation is 2. The number of amides is 1. The molecule has 0 radical (unpaired) electrons. The van der Waals surface area contributed by atoms with E-state index in [9.17, 15) is 4.79 Å².